The van der Waals surface area contributed by atoms with Crippen LogP contribution in [0.15, 0.2) is 6.33 Å². The number of nitrogens with zero attached hydrogens (tertiary/aromatic N) is 2. The Kier molecular flexibility index (Phi) is 2.06. The normalized spacial score (nSPS) is 17.6. The summed E-state index contributed by atoms with van der Waals surface area (Å²) >= 11 is 0. The lowest BCUT2D eigenvalue weighted by Gasteiger charge is -2.15. The Balaban J connectivity index is 2.24. The van der Waals surface area contributed by atoms with Crippen LogP contribution in [0.3, 0.4) is 0 Å². The maximum Gasteiger partial charge on any atom is 0.134 e. The number of rotatable bonds is 3. The first-order chi connectivity index (χ1) is 6.64. The lowest BCUT2D eigenvalue weighted by atomic mass is 10.2. The zero-order valence-electron chi connectivity index (χ0n) is 8.89. The van der Waals surface area contributed by atoms with E-state index in [9.17, 15) is 0 Å². The molecule has 2 rings (SSSR count). The third-order valence-corrected chi connectivity index (χ3v) is 2.74. The fraction of sp³-hybridized carbons (Fsp3) is 0.600. The van der Waals surface area contributed by atoms with Gasteiger partial charge in [0.1, 0.15) is 18.0 Å². The van der Waals surface area contributed by atoms with Crippen molar-refractivity contribution in [2.45, 2.75) is 32.2 Å². The van der Waals surface area contributed by atoms with Crippen LogP contribution < -0.4 is 10.6 Å². The van der Waals surface area contributed by atoms with Gasteiger partial charge in [-0.2, -0.15) is 0 Å². The molecule has 2 N–H and O–H groups in total. The first kappa shape index (κ1) is 9.24. The molecule has 0 spiro atoms. The number of hydrogen-bond donors (Lipinski definition) is 2. The highest BCUT2D eigenvalue weighted by Crippen LogP contribution is 2.38. The van der Waals surface area contributed by atoms with Crippen LogP contribution in [0.1, 0.15) is 25.3 Å². The second-order valence-electron chi connectivity index (χ2n) is 4.13. The lowest BCUT2D eigenvalue weighted by Crippen LogP contribution is -2.18. The monoisotopic (exact) mass is 192 g/mol. The van der Waals surface area contributed by atoms with E-state index in [4.69, 9.17) is 0 Å². The van der Waals surface area contributed by atoms with E-state index < -0.39 is 0 Å². The summed E-state index contributed by atoms with van der Waals surface area (Å²) in [7, 11) is 1.87. The predicted molar refractivity (Wildman–Crippen MR) is 57.6 cm³/mol. The van der Waals surface area contributed by atoms with E-state index in [1.165, 1.54) is 12.8 Å². The number of hydrogen-bond acceptors (Lipinski definition) is 4. The summed E-state index contributed by atoms with van der Waals surface area (Å²) in [5, 5.41) is 6.49. The zero-order valence-corrected chi connectivity index (χ0v) is 8.89. The van der Waals surface area contributed by atoms with Crippen LogP contribution in [0.25, 0.3) is 0 Å². The van der Waals surface area contributed by atoms with Gasteiger partial charge in [-0.05, 0) is 26.7 Å². The van der Waals surface area contributed by atoms with Crippen molar-refractivity contribution < 1.29 is 0 Å². The van der Waals surface area contributed by atoms with Crippen molar-refractivity contribution in [1.82, 2.24) is 9.97 Å². The molecule has 0 bridgehead atoms. The minimum atomic E-state index is 0.268. The Bertz CT molecular complexity index is 344. The van der Waals surface area contributed by atoms with Crippen molar-refractivity contribution in [2.24, 2.45) is 0 Å². The molecule has 1 aliphatic rings. The molecule has 0 saturated heterocycles. The van der Waals surface area contributed by atoms with E-state index in [1.54, 1.807) is 6.33 Å². The quantitative estimate of drug-likeness (QED) is 0.766. The Morgan fingerprint density at radius 3 is 2.50 bits per heavy atom. The van der Waals surface area contributed by atoms with E-state index in [0.717, 1.165) is 17.2 Å². The first-order valence-electron chi connectivity index (χ1n) is 4.92. The fourth-order valence-corrected chi connectivity index (χ4v) is 1.43. The topological polar surface area (TPSA) is 49.8 Å². The highest BCUT2D eigenvalue weighted by atomic mass is 15.1. The second-order valence-corrected chi connectivity index (χ2v) is 4.13. The Labute approximate surface area is 84.2 Å². The van der Waals surface area contributed by atoms with Crippen LogP contribution >= 0.6 is 0 Å². The van der Waals surface area contributed by atoms with Gasteiger partial charge in [-0.3, -0.25) is 0 Å². The van der Waals surface area contributed by atoms with Crippen molar-refractivity contribution in [2.75, 3.05) is 17.7 Å². The van der Waals surface area contributed by atoms with Crippen LogP contribution in [-0.2, 0) is 0 Å². The maximum absolute atomic E-state index is 4.25. The highest BCUT2D eigenvalue weighted by molar-refractivity contribution is 5.57. The van der Waals surface area contributed by atoms with E-state index >= 15 is 0 Å². The summed E-state index contributed by atoms with van der Waals surface area (Å²) in [6.07, 6.45) is 4.05. The minimum absolute atomic E-state index is 0.268. The SMILES string of the molecule is CNc1ncnc(NC2(C)CC2)c1C. The van der Waals surface area contributed by atoms with E-state index in [2.05, 4.69) is 27.5 Å². The molecule has 1 heterocycles. The molecular formula is C10H16N4. The molecule has 0 amide bonds. The van der Waals surface area contributed by atoms with Crippen molar-refractivity contribution in [1.29, 1.82) is 0 Å². The predicted octanol–water partition coefficient (Wildman–Crippen LogP) is 1.79. The molecule has 14 heavy (non-hydrogen) atoms. The third kappa shape index (κ3) is 1.64. The molecule has 1 fully saturated rings. The van der Waals surface area contributed by atoms with Crippen LogP contribution in [-0.4, -0.2) is 22.6 Å². The fourth-order valence-electron chi connectivity index (χ4n) is 1.43. The van der Waals surface area contributed by atoms with Gasteiger partial charge >= 0.3 is 0 Å². The van der Waals surface area contributed by atoms with E-state index in [-0.39, 0.29) is 5.54 Å². The van der Waals surface area contributed by atoms with Gasteiger partial charge in [-0.15, -0.1) is 0 Å². The minimum Gasteiger partial charge on any atom is -0.373 e. The average molecular weight is 192 g/mol. The summed E-state index contributed by atoms with van der Waals surface area (Å²) in [6.45, 7) is 4.24. The van der Waals surface area contributed by atoms with Gasteiger partial charge < -0.3 is 10.6 Å². The van der Waals surface area contributed by atoms with Crippen LogP contribution in [0.2, 0.25) is 0 Å². The Morgan fingerprint density at radius 1 is 1.29 bits per heavy atom. The first-order valence-corrected chi connectivity index (χ1v) is 4.92. The van der Waals surface area contributed by atoms with Crippen molar-refractivity contribution in [3.05, 3.63) is 11.9 Å². The average Bonchev–Trinajstić information content (AvgIpc) is 2.88. The smallest absolute Gasteiger partial charge is 0.134 e. The molecule has 1 aromatic heterocycles. The van der Waals surface area contributed by atoms with Gasteiger partial charge in [0.2, 0.25) is 0 Å². The van der Waals surface area contributed by atoms with E-state index in [0.29, 0.717) is 0 Å². The van der Waals surface area contributed by atoms with Crippen molar-refractivity contribution >= 4 is 11.6 Å². The number of anilines is 2. The lowest BCUT2D eigenvalue weighted by molar-refractivity contribution is 0.816. The van der Waals surface area contributed by atoms with Crippen LogP contribution in [0, 0.1) is 6.92 Å². The van der Waals surface area contributed by atoms with Crippen LogP contribution in [0.4, 0.5) is 11.6 Å². The molecule has 1 aromatic rings. The maximum atomic E-state index is 4.25. The van der Waals surface area contributed by atoms with Crippen LogP contribution in [0.5, 0.6) is 0 Å². The summed E-state index contributed by atoms with van der Waals surface area (Å²) < 4.78 is 0. The summed E-state index contributed by atoms with van der Waals surface area (Å²) in [5.41, 5.74) is 1.35. The molecule has 0 unspecified atom stereocenters. The third-order valence-electron chi connectivity index (χ3n) is 2.74. The van der Waals surface area contributed by atoms with Gasteiger partial charge in [0.25, 0.3) is 0 Å². The van der Waals surface area contributed by atoms with E-state index in [1.807, 2.05) is 14.0 Å². The summed E-state index contributed by atoms with van der Waals surface area (Å²) in [4.78, 5) is 8.40. The van der Waals surface area contributed by atoms with Gasteiger partial charge in [0.15, 0.2) is 0 Å². The van der Waals surface area contributed by atoms with Gasteiger partial charge in [0.05, 0.1) is 0 Å². The van der Waals surface area contributed by atoms with Crippen molar-refractivity contribution in [3.63, 3.8) is 0 Å². The number of nitrogens with one attached hydrogen (secondary N) is 2. The summed E-state index contributed by atoms with van der Waals surface area (Å²) in [5.74, 6) is 1.84. The molecule has 0 atom stereocenters. The summed E-state index contributed by atoms with van der Waals surface area (Å²) in [6, 6.07) is 0. The molecule has 4 nitrogen and oxygen atoms in total. The molecule has 1 saturated carbocycles. The molecule has 0 aromatic carbocycles. The largest absolute Gasteiger partial charge is 0.373 e. The molecule has 1 aliphatic carbocycles. The molecule has 4 heteroatoms. The Morgan fingerprint density at radius 2 is 1.93 bits per heavy atom. The van der Waals surface area contributed by atoms with Gasteiger partial charge in [0, 0.05) is 18.2 Å². The highest BCUT2D eigenvalue weighted by Gasteiger charge is 2.37. The molecular weight excluding hydrogens is 176 g/mol. The molecule has 0 aliphatic heterocycles. The second kappa shape index (κ2) is 3.12. The zero-order chi connectivity index (χ0) is 10.2. The van der Waals surface area contributed by atoms with Gasteiger partial charge in [-0.1, -0.05) is 0 Å². The molecule has 0 radical (unpaired) electrons. The Hall–Kier alpha value is -1.32. The molecule has 76 valence electrons. The number of aromatic nitrogens is 2. The van der Waals surface area contributed by atoms with Gasteiger partial charge in [-0.25, -0.2) is 9.97 Å². The standard InChI is InChI=1S/C10H16N4/c1-7-8(11-3)12-6-13-9(7)14-10(2)4-5-10/h6H,4-5H2,1-3H3,(H2,11,12,13,14). The van der Waals surface area contributed by atoms with Crippen molar-refractivity contribution in [3.8, 4) is 0 Å².